The maximum absolute atomic E-state index is 12.8. The number of amides is 8. The Labute approximate surface area is 777 Å². The van der Waals surface area contributed by atoms with E-state index in [9.17, 15) is 72.0 Å². The number of hydrogen-bond donors (Lipinski definition) is 9. The lowest BCUT2D eigenvalue weighted by molar-refractivity contribution is -0.147. The van der Waals surface area contributed by atoms with Crippen molar-refractivity contribution in [1.29, 1.82) is 0 Å². The minimum absolute atomic E-state index is 0.000738. The van der Waals surface area contributed by atoms with Gasteiger partial charge in [0.05, 0.1) is 93.5 Å². The third kappa shape index (κ3) is 23.3. The van der Waals surface area contributed by atoms with E-state index in [4.69, 9.17) is 30.7 Å². The smallest absolute Gasteiger partial charge is 0.357 e. The Bertz CT molecular complexity index is 6430. The van der Waals surface area contributed by atoms with Crippen LogP contribution in [0.25, 0.3) is 19.4 Å². The Hall–Kier alpha value is -13.2. The van der Waals surface area contributed by atoms with E-state index in [2.05, 4.69) is 123 Å². The number of rotatable bonds is 16. The molecule has 0 bridgehead atoms. The fourth-order valence-corrected chi connectivity index (χ4v) is 26.3. The second-order valence-electron chi connectivity index (χ2n) is 36.6. The molecule has 8 aromatic rings. The van der Waals surface area contributed by atoms with Crippen LogP contribution in [-0.4, -0.2) is 209 Å². The van der Waals surface area contributed by atoms with E-state index in [1.165, 1.54) is 68.2 Å². The molecule has 9 aliphatic rings. The van der Waals surface area contributed by atoms with Gasteiger partial charge in [-0.25, -0.2) is 48.6 Å². The molecule has 43 heteroatoms. The van der Waals surface area contributed by atoms with E-state index in [1.54, 1.807) is 40.5 Å². The number of imidazole rings is 1. The van der Waals surface area contributed by atoms with E-state index >= 15 is 0 Å². The van der Waals surface area contributed by atoms with Crippen molar-refractivity contribution in [3.63, 3.8) is 0 Å². The Morgan fingerprint density at radius 1 is 0.500 bits per heavy atom. The van der Waals surface area contributed by atoms with Gasteiger partial charge in [0.15, 0.2) is 5.76 Å². The van der Waals surface area contributed by atoms with Gasteiger partial charge >= 0.3 is 29.5 Å². The normalized spacial score (nSPS) is 20.3. The summed E-state index contributed by atoms with van der Waals surface area (Å²) in [6, 6.07) is 26.1. The fourth-order valence-electron chi connectivity index (χ4n) is 18.4. The molecule has 0 radical (unpaired) electrons. The molecule has 0 atom stereocenters. The first kappa shape index (κ1) is 96.9. The molecule has 1 aliphatic carbocycles. The SMILES string of the molecule is [C-]#[N+]c1c[nH]c(C(=O)Nc2ccc(C3CC(=O)NC(=O)C3)cc2N2CCC(C)CC2)c1.[C-]#[N+]c1ccc(C(=O)Nc2ccc(C3CC(=O)N(C)C(=O)C3)cc2N2CCC(C)(C)CC2)o1.[C-]#[N+]c1cnc(C(=O)Nc2ccc(C3CS(=O)(=O)N(C)S(=O)(=O)C3)cc2N2CCC(C)CC2)[nH]1.[C-]#[N+]c1nc(C(=O)Nc2ccc(C3CS(=O)(=O)NS(=O)(=O)C3)cc2N2CCC3(CCCC3)CC2)n[nH]1. The van der Waals surface area contributed by atoms with Gasteiger partial charge in [0.1, 0.15) is 0 Å². The molecule has 4 aromatic heterocycles. The number of nitrogens with zero attached hydrogens (tertiary/aromatic N) is 13. The number of nitrogens with one attached hydrogen (secondary N) is 9. The van der Waals surface area contributed by atoms with E-state index < -0.39 is 69.7 Å². The van der Waals surface area contributed by atoms with Gasteiger partial charge in [-0.1, -0.05) is 80.2 Å². The number of carbonyl (C=O) groups excluding carboxylic acids is 8. The van der Waals surface area contributed by atoms with Gasteiger partial charge in [0.25, 0.3) is 17.6 Å². The quantitative estimate of drug-likeness (QED) is 0.0320. The first-order chi connectivity index (χ1) is 63.7. The highest BCUT2D eigenvalue weighted by atomic mass is 32.3. The third-order valence-electron chi connectivity index (χ3n) is 26.6. The molecule has 9 fully saturated rings. The van der Waals surface area contributed by atoms with Crippen LogP contribution in [0.15, 0.2) is 108 Å². The molecule has 4 aromatic carbocycles. The number of likely N-dealkylation sites (tertiary alicyclic amines) is 1. The molecule has 8 amide bonds. The van der Waals surface area contributed by atoms with E-state index in [1.807, 2.05) is 36.4 Å². The molecule has 17 rings (SSSR count). The summed E-state index contributed by atoms with van der Waals surface area (Å²) in [6.45, 7) is 43.5. The summed E-state index contributed by atoms with van der Waals surface area (Å²) in [7, 11) is -13.3. The zero-order chi connectivity index (χ0) is 95.9. The van der Waals surface area contributed by atoms with Crippen molar-refractivity contribution in [3.05, 3.63) is 194 Å². The molecule has 9 N–H and O–H groups in total. The monoisotopic (exact) mass is 1910 g/mol. The Morgan fingerprint density at radius 2 is 0.948 bits per heavy atom. The Kier molecular flexibility index (Phi) is 29.2. The molecule has 39 nitrogen and oxygen atoms in total. The molecular formula is C91H106N22O17S4. The molecule has 1 saturated carbocycles. The number of H-pyrrole nitrogens is 3. The van der Waals surface area contributed by atoms with Crippen molar-refractivity contribution in [1.82, 2.24) is 48.2 Å². The summed E-state index contributed by atoms with van der Waals surface area (Å²) in [4.78, 5) is 135. The highest BCUT2D eigenvalue weighted by molar-refractivity contribution is 8.05. The average molecular weight is 1910 g/mol. The number of imide groups is 2. The summed E-state index contributed by atoms with van der Waals surface area (Å²) in [5.74, 6) is -4.57. The van der Waals surface area contributed by atoms with Gasteiger partial charge in [-0.3, -0.25) is 53.6 Å². The predicted molar refractivity (Wildman–Crippen MR) is 502 cm³/mol. The highest BCUT2D eigenvalue weighted by Gasteiger charge is 2.44. The summed E-state index contributed by atoms with van der Waals surface area (Å²) < 4.78 is 106. The Balaban J connectivity index is 0.000000144. The van der Waals surface area contributed by atoms with Gasteiger partial charge in [0, 0.05) is 122 Å². The molecule has 706 valence electrons. The average Bonchev–Trinajstić information content (AvgIpc) is 0.778. The van der Waals surface area contributed by atoms with Crippen LogP contribution in [0.5, 0.6) is 0 Å². The summed E-state index contributed by atoms with van der Waals surface area (Å²) in [5.41, 5.74) is 9.78. The summed E-state index contributed by atoms with van der Waals surface area (Å²) >= 11 is 0. The number of sulfonamides is 4. The lowest BCUT2D eigenvalue weighted by Gasteiger charge is -2.41. The second-order valence-corrected chi connectivity index (χ2v) is 44.7. The van der Waals surface area contributed by atoms with Crippen LogP contribution >= 0.6 is 0 Å². The number of hydrogen-bond acceptors (Lipinski definition) is 24. The lowest BCUT2D eigenvalue weighted by atomic mass is 9.77. The molecule has 0 unspecified atom stereocenters. The maximum Gasteiger partial charge on any atom is 0.357 e. The number of furan rings is 1. The van der Waals surface area contributed by atoms with Crippen molar-refractivity contribution in [2.45, 2.75) is 154 Å². The van der Waals surface area contributed by atoms with Crippen LogP contribution in [0, 0.1) is 49.0 Å². The maximum atomic E-state index is 12.8. The molecule has 12 heterocycles. The van der Waals surface area contributed by atoms with Crippen LogP contribution in [0.2, 0.25) is 0 Å². The number of benzene rings is 4. The first-order valence-electron chi connectivity index (χ1n) is 44.3. The van der Waals surface area contributed by atoms with Crippen molar-refractivity contribution < 1.29 is 76.4 Å². The van der Waals surface area contributed by atoms with Crippen LogP contribution < -0.4 is 50.3 Å². The van der Waals surface area contributed by atoms with Crippen LogP contribution in [0.3, 0.4) is 0 Å². The van der Waals surface area contributed by atoms with Crippen LogP contribution in [-0.2, 0) is 59.3 Å². The number of piperidine rings is 6. The van der Waals surface area contributed by atoms with Crippen LogP contribution in [0.4, 0.5) is 68.8 Å². The van der Waals surface area contributed by atoms with Gasteiger partial charge in [-0.2, -0.15) is 4.85 Å². The zero-order valence-corrected chi connectivity index (χ0v) is 78.2. The molecule has 1 spiro atoms. The van der Waals surface area contributed by atoms with Crippen molar-refractivity contribution in [2.24, 2.45) is 22.7 Å². The number of carbonyl (C=O) groups is 8. The van der Waals surface area contributed by atoms with Gasteiger partial charge < -0.3 is 60.0 Å². The van der Waals surface area contributed by atoms with E-state index in [0.29, 0.717) is 77.6 Å². The van der Waals surface area contributed by atoms with Gasteiger partial charge in [-0.15, -0.1) is 15.7 Å². The summed E-state index contributed by atoms with van der Waals surface area (Å²) in [5, 5.41) is 20.0. The molecule has 134 heavy (non-hydrogen) atoms. The van der Waals surface area contributed by atoms with Crippen molar-refractivity contribution in [3.8, 4) is 0 Å². The minimum Gasteiger partial charge on any atom is -0.475 e. The summed E-state index contributed by atoms with van der Waals surface area (Å²) in [6.07, 6.45) is 17.0. The highest BCUT2D eigenvalue weighted by Crippen LogP contribution is 2.49. The largest absolute Gasteiger partial charge is 0.475 e. The minimum atomic E-state index is -3.97. The predicted octanol–water partition coefficient (Wildman–Crippen LogP) is 12.4. The number of aromatic nitrogens is 6. The van der Waals surface area contributed by atoms with Crippen molar-refractivity contribution >= 4 is 156 Å². The van der Waals surface area contributed by atoms with E-state index in [-0.39, 0.29) is 131 Å². The second kappa shape index (κ2) is 40.3. The molecular weight excluding hydrogens is 1800 g/mol. The fraction of sp³-hybridized carbons (Fsp3) is 0.462. The van der Waals surface area contributed by atoms with Crippen LogP contribution in [0.1, 0.15) is 219 Å². The number of aromatic amines is 3. The standard InChI is InChI=1S/C25H28N4O4.C23H25N5O3.C22H27N7O5S2.C21H26N6O5S2/c1-25(2)9-11-29(12-10-25)19-13-16(17-14-22(30)28(4)23(31)15-17)5-6-18(19)27-24(32)20-7-8-21(26-3)33-20;1-14-5-7-28(8-6-14)20-9-15(16-10-21(29)27-22(30)11-16)3-4-18(20)26-23(31)19-12-17(24-2)13-25-19;1-23-21-25-19(26-27-21)20(30)24-17-5-4-15(16-13-35(31,32)28-36(33,34)14-16)12-18(17)29-10-8-22(9-11-29)6-2-3-7-22;1-14-6-8-27(9-7-14)18-10-15(16-12-33(29,30)26(3)34(31,32)13-16)4-5-17(18)24-21(28)20-23-11-19(22-2)25-20/h5-8,13,17H,9-12,14-15H2,1-2,4H3,(H,27,32);3-4,9,12-14,16,25H,5-8,10-11H2,1H3,(H,26,31)(H,27,29,30);4-5,12,16,28H,2-3,6-11,13-14H2,(H,24,30)(H,25,26,27);4-5,10-11,14,16H,6-9,12-13H2,1,3H3,(H,23,25)(H,24,28). The zero-order valence-electron chi connectivity index (χ0n) is 75.0. The molecule has 8 aliphatic heterocycles. The Morgan fingerprint density at radius 3 is 1.40 bits per heavy atom. The first-order valence-corrected chi connectivity index (χ1v) is 50.8. The van der Waals surface area contributed by atoms with Gasteiger partial charge in [-0.05, 0) is 176 Å². The molecule has 8 saturated heterocycles. The van der Waals surface area contributed by atoms with Gasteiger partial charge in [0.2, 0.25) is 75.2 Å². The van der Waals surface area contributed by atoms with Crippen molar-refractivity contribution in [2.75, 3.05) is 130 Å². The lowest BCUT2D eigenvalue weighted by Crippen LogP contribution is -2.45. The topological polar surface area (TPSA) is 481 Å². The third-order valence-corrected chi connectivity index (χ3v) is 34.9. The number of anilines is 8. The van der Waals surface area contributed by atoms with E-state index in [0.717, 1.165) is 133 Å².